The third-order valence-electron chi connectivity index (χ3n) is 1.96. The van der Waals surface area contributed by atoms with Crippen LogP contribution < -0.4 is 5.32 Å². The molecule has 0 unspecified atom stereocenters. The Morgan fingerprint density at radius 2 is 2.25 bits per heavy atom. The maximum Gasteiger partial charge on any atom is 0.205 e. The molecule has 0 spiro atoms. The van der Waals surface area contributed by atoms with E-state index in [2.05, 4.69) is 31.4 Å². The van der Waals surface area contributed by atoms with Gasteiger partial charge >= 0.3 is 0 Å². The van der Waals surface area contributed by atoms with Crippen molar-refractivity contribution >= 4 is 44.0 Å². The Morgan fingerprint density at radius 1 is 1.44 bits per heavy atom. The van der Waals surface area contributed by atoms with Crippen molar-refractivity contribution in [2.24, 2.45) is 0 Å². The normalized spacial score (nSPS) is 10.4. The van der Waals surface area contributed by atoms with Gasteiger partial charge in [0.2, 0.25) is 5.13 Å². The fraction of sp³-hybridized carbons (Fsp3) is 0.200. The van der Waals surface area contributed by atoms with E-state index in [0.717, 1.165) is 25.2 Å². The molecule has 2 rings (SSSR count). The van der Waals surface area contributed by atoms with Gasteiger partial charge in [0.25, 0.3) is 0 Å². The van der Waals surface area contributed by atoms with Gasteiger partial charge in [-0.2, -0.15) is 0 Å². The van der Waals surface area contributed by atoms with Gasteiger partial charge in [-0.15, -0.1) is 10.2 Å². The SMILES string of the molecule is Cc1nnc(NCc2cc(Br)ccc2Cl)s1. The highest BCUT2D eigenvalue weighted by Crippen LogP contribution is 2.22. The summed E-state index contributed by atoms with van der Waals surface area (Å²) in [4.78, 5) is 0. The number of nitrogens with one attached hydrogen (secondary N) is 1. The lowest BCUT2D eigenvalue weighted by molar-refractivity contribution is 1.02. The zero-order chi connectivity index (χ0) is 11.5. The number of hydrogen-bond donors (Lipinski definition) is 1. The van der Waals surface area contributed by atoms with Crippen LogP contribution >= 0.6 is 38.9 Å². The molecule has 1 heterocycles. The van der Waals surface area contributed by atoms with Crippen LogP contribution in [-0.2, 0) is 6.54 Å². The molecular weight excluding hydrogens is 310 g/mol. The Labute approximate surface area is 111 Å². The third kappa shape index (κ3) is 2.93. The maximum absolute atomic E-state index is 6.07. The quantitative estimate of drug-likeness (QED) is 0.933. The Hall–Kier alpha value is -0.650. The van der Waals surface area contributed by atoms with Crippen molar-refractivity contribution in [2.75, 3.05) is 5.32 Å². The molecule has 6 heteroatoms. The minimum atomic E-state index is 0.646. The number of aryl methyl sites for hydroxylation is 1. The molecule has 2 aromatic rings. The van der Waals surface area contributed by atoms with E-state index in [1.807, 2.05) is 25.1 Å². The molecule has 3 nitrogen and oxygen atoms in total. The lowest BCUT2D eigenvalue weighted by atomic mass is 10.2. The van der Waals surface area contributed by atoms with Crippen molar-refractivity contribution in [1.29, 1.82) is 0 Å². The largest absolute Gasteiger partial charge is 0.356 e. The molecule has 1 aromatic carbocycles. The molecule has 0 saturated heterocycles. The van der Waals surface area contributed by atoms with Crippen molar-refractivity contribution in [2.45, 2.75) is 13.5 Å². The average Bonchev–Trinajstić information content (AvgIpc) is 2.66. The lowest BCUT2D eigenvalue weighted by Crippen LogP contribution is -1.99. The van der Waals surface area contributed by atoms with Gasteiger partial charge in [-0.05, 0) is 30.7 Å². The summed E-state index contributed by atoms with van der Waals surface area (Å²) in [7, 11) is 0. The van der Waals surface area contributed by atoms with E-state index in [1.54, 1.807) is 0 Å². The highest BCUT2D eigenvalue weighted by molar-refractivity contribution is 9.10. The number of benzene rings is 1. The predicted octanol–water partition coefficient (Wildman–Crippen LogP) is 3.87. The summed E-state index contributed by atoms with van der Waals surface area (Å²) >= 11 is 11.0. The molecule has 1 aromatic heterocycles. The molecule has 0 amide bonds. The summed E-state index contributed by atoms with van der Waals surface area (Å²) < 4.78 is 1.02. The molecular formula is C10H9BrClN3S. The monoisotopic (exact) mass is 317 g/mol. The molecule has 0 aliphatic carbocycles. The first-order valence-electron chi connectivity index (χ1n) is 4.63. The van der Waals surface area contributed by atoms with E-state index in [4.69, 9.17) is 11.6 Å². The summed E-state index contributed by atoms with van der Waals surface area (Å²) in [6.07, 6.45) is 0. The van der Waals surface area contributed by atoms with Gasteiger partial charge in [-0.1, -0.05) is 38.9 Å². The van der Waals surface area contributed by atoms with Crippen molar-refractivity contribution in [1.82, 2.24) is 10.2 Å². The number of rotatable bonds is 3. The molecule has 16 heavy (non-hydrogen) atoms. The van der Waals surface area contributed by atoms with Crippen molar-refractivity contribution in [3.63, 3.8) is 0 Å². The molecule has 0 aliphatic rings. The zero-order valence-corrected chi connectivity index (χ0v) is 11.7. The minimum absolute atomic E-state index is 0.646. The summed E-state index contributed by atoms with van der Waals surface area (Å²) in [6.45, 7) is 2.57. The van der Waals surface area contributed by atoms with Crippen LogP contribution in [0.25, 0.3) is 0 Å². The van der Waals surface area contributed by atoms with Crippen LogP contribution in [0.2, 0.25) is 5.02 Å². The van der Waals surface area contributed by atoms with Gasteiger partial charge in [0.1, 0.15) is 5.01 Å². The highest BCUT2D eigenvalue weighted by atomic mass is 79.9. The van der Waals surface area contributed by atoms with Gasteiger partial charge in [-0.3, -0.25) is 0 Å². The smallest absolute Gasteiger partial charge is 0.205 e. The van der Waals surface area contributed by atoms with E-state index < -0.39 is 0 Å². The van der Waals surface area contributed by atoms with Crippen LogP contribution in [0, 0.1) is 6.92 Å². The van der Waals surface area contributed by atoms with Crippen LogP contribution in [-0.4, -0.2) is 10.2 Å². The average molecular weight is 319 g/mol. The fourth-order valence-corrected chi connectivity index (χ4v) is 2.40. The second-order valence-corrected chi connectivity index (χ2v) is 5.72. The second kappa shape index (κ2) is 5.12. The van der Waals surface area contributed by atoms with E-state index in [9.17, 15) is 0 Å². The summed E-state index contributed by atoms with van der Waals surface area (Å²) in [5.41, 5.74) is 1.03. The number of nitrogens with zero attached hydrogens (tertiary/aromatic N) is 2. The molecule has 0 fully saturated rings. The van der Waals surface area contributed by atoms with E-state index in [0.29, 0.717) is 6.54 Å². The number of aromatic nitrogens is 2. The van der Waals surface area contributed by atoms with Crippen molar-refractivity contribution < 1.29 is 0 Å². The van der Waals surface area contributed by atoms with Gasteiger partial charge in [-0.25, -0.2) is 0 Å². The Balaban J connectivity index is 2.07. The predicted molar refractivity (Wildman–Crippen MR) is 71.1 cm³/mol. The second-order valence-electron chi connectivity index (χ2n) is 3.22. The van der Waals surface area contributed by atoms with E-state index in [1.165, 1.54) is 11.3 Å². The van der Waals surface area contributed by atoms with Gasteiger partial charge in [0, 0.05) is 16.0 Å². The fourth-order valence-electron chi connectivity index (χ4n) is 1.22. The van der Waals surface area contributed by atoms with Gasteiger partial charge < -0.3 is 5.32 Å². The third-order valence-corrected chi connectivity index (χ3v) is 3.62. The van der Waals surface area contributed by atoms with Gasteiger partial charge in [0.15, 0.2) is 0 Å². The first-order chi connectivity index (χ1) is 7.65. The molecule has 0 saturated carbocycles. The Morgan fingerprint density at radius 3 is 2.94 bits per heavy atom. The minimum Gasteiger partial charge on any atom is -0.356 e. The summed E-state index contributed by atoms with van der Waals surface area (Å²) in [5.74, 6) is 0. The topological polar surface area (TPSA) is 37.8 Å². The highest BCUT2D eigenvalue weighted by Gasteiger charge is 2.03. The molecule has 0 radical (unpaired) electrons. The molecule has 84 valence electrons. The first-order valence-corrected chi connectivity index (χ1v) is 6.62. The molecule has 0 bridgehead atoms. The van der Waals surface area contributed by atoms with Crippen LogP contribution in [0.4, 0.5) is 5.13 Å². The molecule has 0 aliphatic heterocycles. The summed E-state index contributed by atoms with van der Waals surface area (Å²) in [6, 6.07) is 5.78. The Kier molecular flexibility index (Phi) is 3.78. The summed E-state index contributed by atoms with van der Waals surface area (Å²) in [5, 5.41) is 13.6. The number of hydrogen-bond acceptors (Lipinski definition) is 4. The van der Waals surface area contributed by atoms with E-state index >= 15 is 0 Å². The number of anilines is 1. The standard InChI is InChI=1S/C10H9BrClN3S/c1-6-14-15-10(16-6)13-5-7-4-8(11)2-3-9(7)12/h2-4H,5H2,1H3,(H,13,15). The van der Waals surface area contributed by atoms with Crippen molar-refractivity contribution in [3.8, 4) is 0 Å². The lowest BCUT2D eigenvalue weighted by Gasteiger charge is -2.05. The first kappa shape index (κ1) is 11.8. The maximum atomic E-state index is 6.07. The Bertz CT molecular complexity index is 501. The van der Waals surface area contributed by atoms with Crippen LogP contribution in [0.5, 0.6) is 0 Å². The van der Waals surface area contributed by atoms with Crippen LogP contribution in [0.15, 0.2) is 22.7 Å². The van der Waals surface area contributed by atoms with Gasteiger partial charge in [0.05, 0.1) is 0 Å². The molecule has 0 atom stereocenters. The zero-order valence-electron chi connectivity index (χ0n) is 8.50. The molecule has 1 N–H and O–H groups in total. The number of halogens is 2. The van der Waals surface area contributed by atoms with E-state index in [-0.39, 0.29) is 0 Å². The van der Waals surface area contributed by atoms with Crippen LogP contribution in [0.1, 0.15) is 10.6 Å². The van der Waals surface area contributed by atoms with Crippen LogP contribution in [0.3, 0.4) is 0 Å². The van der Waals surface area contributed by atoms with Crippen molar-refractivity contribution in [3.05, 3.63) is 38.3 Å².